The van der Waals surface area contributed by atoms with Gasteiger partial charge in [-0.05, 0) is 37.6 Å². The molecule has 70 valence electrons. The summed E-state index contributed by atoms with van der Waals surface area (Å²) in [5.74, 6) is 0. The third-order valence-corrected chi connectivity index (χ3v) is 2.77. The molecule has 13 heavy (non-hydrogen) atoms. The molecule has 0 heterocycles. The van der Waals surface area contributed by atoms with Gasteiger partial charge < -0.3 is 0 Å². The van der Waals surface area contributed by atoms with E-state index in [0.717, 1.165) is 17.6 Å². The third kappa shape index (κ3) is 2.45. The van der Waals surface area contributed by atoms with Gasteiger partial charge in [0.25, 0.3) is 0 Å². The van der Waals surface area contributed by atoms with Gasteiger partial charge in [0.1, 0.15) is 0 Å². The smallest absolute Gasteiger partial charge is 0.0406 e. The van der Waals surface area contributed by atoms with Gasteiger partial charge in [0.05, 0.1) is 0 Å². The van der Waals surface area contributed by atoms with E-state index in [1.54, 1.807) is 0 Å². The molecule has 0 bridgehead atoms. The Labute approximate surface area is 84.3 Å². The number of hydrogen-bond donors (Lipinski definition) is 0. The highest BCUT2D eigenvalue weighted by Crippen LogP contribution is 2.26. The van der Waals surface area contributed by atoms with Crippen molar-refractivity contribution in [2.45, 2.75) is 25.4 Å². The van der Waals surface area contributed by atoms with Crippen molar-refractivity contribution >= 4 is 11.6 Å². The maximum atomic E-state index is 5.81. The fourth-order valence-electron chi connectivity index (χ4n) is 1.52. The molecule has 2 heteroatoms. The lowest BCUT2D eigenvalue weighted by molar-refractivity contribution is 0.316. The fourth-order valence-corrected chi connectivity index (χ4v) is 1.65. The number of benzene rings is 1. The van der Waals surface area contributed by atoms with E-state index in [9.17, 15) is 0 Å². The summed E-state index contributed by atoms with van der Waals surface area (Å²) >= 11 is 5.81. The monoisotopic (exact) mass is 195 g/mol. The molecule has 0 radical (unpaired) electrons. The zero-order valence-electron chi connectivity index (χ0n) is 7.83. The maximum absolute atomic E-state index is 5.81. The Morgan fingerprint density at radius 2 is 1.92 bits per heavy atom. The quantitative estimate of drug-likeness (QED) is 0.717. The highest BCUT2D eigenvalue weighted by molar-refractivity contribution is 6.30. The van der Waals surface area contributed by atoms with E-state index in [1.165, 1.54) is 18.4 Å². The van der Waals surface area contributed by atoms with Crippen LogP contribution < -0.4 is 0 Å². The summed E-state index contributed by atoms with van der Waals surface area (Å²) in [5, 5.41) is 0.817. The van der Waals surface area contributed by atoms with Gasteiger partial charge >= 0.3 is 0 Å². The van der Waals surface area contributed by atoms with Crippen molar-refractivity contribution in [3.63, 3.8) is 0 Å². The van der Waals surface area contributed by atoms with Crippen LogP contribution in [0.4, 0.5) is 0 Å². The second-order valence-electron chi connectivity index (χ2n) is 3.77. The lowest BCUT2D eigenvalue weighted by Gasteiger charge is -2.15. The predicted octanol–water partition coefficient (Wildman–Crippen LogP) is 2.93. The van der Waals surface area contributed by atoms with Gasteiger partial charge in [-0.1, -0.05) is 23.7 Å². The number of hydrogen-bond acceptors (Lipinski definition) is 1. The highest BCUT2D eigenvalue weighted by Gasteiger charge is 2.25. The second kappa shape index (κ2) is 3.69. The molecule has 0 N–H and O–H groups in total. The molecule has 0 aliphatic heterocycles. The Morgan fingerprint density at radius 1 is 1.31 bits per heavy atom. The van der Waals surface area contributed by atoms with Gasteiger partial charge in [0, 0.05) is 17.6 Å². The van der Waals surface area contributed by atoms with Crippen molar-refractivity contribution < 1.29 is 0 Å². The number of nitrogens with zero attached hydrogens (tertiary/aromatic N) is 1. The molecule has 1 aliphatic carbocycles. The first kappa shape index (κ1) is 9.04. The molecule has 0 aromatic heterocycles. The SMILES string of the molecule is CN(Cc1ccc(Cl)cc1)C1CC1. The minimum Gasteiger partial charge on any atom is -0.299 e. The van der Waals surface area contributed by atoms with Crippen LogP contribution >= 0.6 is 11.6 Å². The van der Waals surface area contributed by atoms with E-state index in [4.69, 9.17) is 11.6 Å². The number of rotatable bonds is 3. The lowest BCUT2D eigenvalue weighted by Crippen LogP contribution is -2.19. The molecule has 0 spiro atoms. The largest absolute Gasteiger partial charge is 0.299 e. The summed E-state index contributed by atoms with van der Waals surface area (Å²) in [4.78, 5) is 2.41. The lowest BCUT2D eigenvalue weighted by atomic mass is 10.2. The molecule has 1 fully saturated rings. The van der Waals surface area contributed by atoms with E-state index in [1.807, 2.05) is 12.1 Å². The fraction of sp³-hybridized carbons (Fsp3) is 0.455. The van der Waals surface area contributed by atoms with Crippen molar-refractivity contribution in [3.05, 3.63) is 34.9 Å². The topological polar surface area (TPSA) is 3.24 Å². The van der Waals surface area contributed by atoms with Crippen LogP contribution in [-0.4, -0.2) is 18.0 Å². The second-order valence-corrected chi connectivity index (χ2v) is 4.21. The summed E-state index contributed by atoms with van der Waals surface area (Å²) in [5.41, 5.74) is 1.35. The van der Waals surface area contributed by atoms with Gasteiger partial charge in [-0.2, -0.15) is 0 Å². The van der Waals surface area contributed by atoms with Crippen molar-refractivity contribution in [1.29, 1.82) is 0 Å². The molecule has 0 unspecified atom stereocenters. The summed E-state index contributed by atoms with van der Waals surface area (Å²) in [6, 6.07) is 8.94. The average Bonchev–Trinajstić information content (AvgIpc) is 2.91. The zero-order chi connectivity index (χ0) is 9.26. The van der Waals surface area contributed by atoms with Crippen molar-refractivity contribution in [2.75, 3.05) is 7.05 Å². The minimum absolute atomic E-state index is 0.817. The Bertz CT molecular complexity index is 277. The van der Waals surface area contributed by atoms with E-state index in [0.29, 0.717) is 0 Å². The van der Waals surface area contributed by atoms with Crippen LogP contribution in [0.3, 0.4) is 0 Å². The van der Waals surface area contributed by atoms with Crippen LogP contribution in [0.2, 0.25) is 5.02 Å². The summed E-state index contributed by atoms with van der Waals surface area (Å²) < 4.78 is 0. The van der Waals surface area contributed by atoms with Crippen molar-refractivity contribution in [2.24, 2.45) is 0 Å². The van der Waals surface area contributed by atoms with Crippen LogP contribution in [0, 0.1) is 0 Å². The normalized spacial score (nSPS) is 16.5. The standard InChI is InChI=1S/C11H14ClN/c1-13(11-6-7-11)8-9-2-4-10(12)5-3-9/h2-5,11H,6-8H2,1H3. The van der Waals surface area contributed by atoms with Crippen LogP contribution in [0.5, 0.6) is 0 Å². The molecule has 1 aliphatic rings. The molecular weight excluding hydrogens is 182 g/mol. The van der Waals surface area contributed by atoms with Gasteiger partial charge in [0.15, 0.2) is 0 Å². The molecule has 0 amide bonds. The zero-order valence-corrected chi connectivity index (χ0v) is 8.59. The van der Waals surface area contributed by atoms with Crippen LogP contribution in [0.1, 0.15) is 18.4 Å². The van der Waals surface area contributed by atoms with Crippen LogP contribution in [0.25, 0.3) is 0 Å². The first-order valence-corrected chi connectivity index (χ1v) is 5.08. The van der Waals surface area contributed by atoms with Gasteiger partial charge in [-0.15, -0.1) is 0 Å². The first-order valence-electron chi connectivity index (χ1n) is 4.70. The Morgan fingerprint density at radius 3 is 2.46 bits per heavy atom. The van der Waals surface area contributed by atoms with Crippen molar-refractivity contribution in [1.82, 2.24) is 4.90 Å². The Balaban J connectivity index is 1.96. The van der Waals surface area contributed by atoms with Crippen molar-refractivity contribution in [3.8, 4) is 0 Å². The molecule has 0 atom stereocenters. The first-order chi connectivity index (χ1) is 6.25. The van der Waals surface area contributed by atoms with E-state index in [-0.39, 0.29) is 0 Å². The summed E-state index contributed by atoms with van der Waals surface area (Å²) in [6.45, 7) is 1.04. The summed E-state index contributed by atoms with van der Waals surface area (Å²) in [7, 11) is 2.19. The maximum Gasteiger partial charge on any atom is 0.0406 e. The van der Waals surface area contributed by atoms with E-state index in [2.05, 4.69) is 24.1 Å². The Hall–Kier alpha value is -0.530. The average molecular weight is 196 g/mol. The Kier molecular flexibility index (Phi) is 2.56. The third-order valence-electron chi connectivity index (χ3n) is 2.52. The number of halogens is 1. The molecule has 1 saturated carbocycles. The van der Waals surface area contributed by atoms with Gasteiger partial charge in [-0.25, -0.2) is 0 Å². The molecular formula is C11H14ClN. The minimum atomic E-state index is 0.817. The van der Waals surface area contributed by atoms with Crippen LogP contribution in [-0.2, 0) is 6.54 Å². The highest BCUT2D eigenvalue weighted by atomic mass is 35.5. The van der Waals surface area contributed by atoms with Gasteiger partial charge in [-0.3, -0.25) is 4.90 Å². The molecule has 1 nitrogen and oxygen atoms in total. The van der Waals surface area contributed by atoms with E-state index < -0.39 is 0 Å². The molecule has 1 aromatic rings. The van der Waals surface area contributed by atoms with E-state index >= 15 is 0 Å². The van der Waals surface area contributed by atoms with Crippen LogP contribution in [0.15, 0.2) is 24.3 Å². The van der Waals surface area contributed by atoms with Gasteiger partial charge in [0.2, 0.25) is 0 Å². The summed E-state index contributed by atoms with van der Waals surface area (Å²) in [6.07, 6.45) is 2.73. The molecule has 0 saturated heterocycles. The molecule has 2 rings (SSSR count). The molecule has 1 aromatic carbocycles. The predicted molar refractivity (Wildman–Crippen MR) is 55.9 cm³/mol.